The zero-order valence-electron chi connectivity index (χ0n) is 14.2. The van der Waals surface area contributed by atoms with Crippen molar-refractivity contribution in [2.24, 2.45) is 0 Å². The number of para-hydroxylation sites is 1. The lowest BCUT2D eigenvalue weighted by atomic mass is 10.0. The fraction of sp³-hybridized carbons (Fsp3) is 0.200. The summed E-state index contributed by atoms with van der Waals surface area (Å²) in [6.45, 7) is 6.38. The Labute approximate surface area is 142 Å². The van der Waals surface area contributed by atoms with Gasteiger partial charge < -0.3 is 9.88 Å². The summed E-state index contributed by atoms with van der Waals surface area (Å²) in [6, 6.07) is 14.0. The molecule has 4 nitrogen and oxygen atoms in total. The van der Waals surface area contributed by atoms with Gasteiger partial charge in [-0.15, -0.1) is 0 Å². The van der Waals surface area contributed by atoms with Crippen LogP contribution in [0.5, 0.6) is 0 Å². The smallest absolute Gasteiger partial charge is 0.251 e. The molecule has 3 aromatic rings. The summed E-state index contributed by atoms with van der Waals surface area (Å²) >= 11 is 0. The van der Waals surface area contributed by atoms with Crippen LogP contribution in [0.3, 0.4) is 0 Å². The first-order valence-electron chi connectivity index (χ1n) is 8.00. The van der Waals surface area contributed by atoms with Crippen molar-refractivity contribution >= 4 is 5.91 Å². The molecule has 0 atom stereocenters. The standard InChI is InChI=1S/C20H21N3O/c1-14-8-9-15(2)18(12-14)20(24)22-13-17-6-4-5-7-19(17)23-11-10-21-16(23)3/h4-12H,13H2,1-3H3,(H,22,24). The fourth-order valence-corrected chi connectivity index (χ4v) is 2.78. The number of hydrogen-bond acceptors (Lipinski definition) is 2. The molecule has 0 aliphatic heterocycles. The van der Waals surface area contributed by atoms with Gasteiger partial charge in [-0.2, -0.15) is 0 Å². The normalized spacial score (nSPS) is 10.6. The molecule has 0 unspecified atom stereocenters. The Morgan fingerprint density at radius 2 is 1.92 bits per heavy atom. The highest BCUT2D eigenvalue weighted by Gasteiger charge is 2.11. The molecule has 1 aromatic heterocycles. The lowest BCUT2D eigenvalue weighted by Crippen LogP contribution is -2.24. The van der Waals surface area contributed by atoms with E-state index in [1.54, 1.807) is 6.20 Å². The number of benzene rings is 2. The Hall–Kier alpha value is -2.88. The van der Waals surface area contributed by atoms with Crippen molar-refractivity contribution in [3.63, 3.8) is 0 Å². The predicted octanol–water partition coefficient (Wildman–Crippen LogP) is 3.73. The molecule has 2 aromatic carbocycles. The zero-order chi connectivity index (χ0) is 17.1. The van der Waals surface area contributed by atoms with Gasteiger partial charge in [0.2, 0.25) is 0 Å². The highest BCUT2D eigenvalue weighted by molar-refractivity contribution is 5.95. The molecule has 0 bridgehead atoms. The van der Waals surface area contributed by atoms with Crippen LogP contribution < -0.4 is 5.32 Å². The molecule has 0 saturated carbocycles. The molecule has 0 aliphatic carbocycles. The summed E-state index contributed by atoms with van der Waals surface area (Å²) in [5, 5.41) is 3.03. The summed E-state index contributed by atoms with van der Waals surface area (Å²) in [6.07, 6.45) is 3.71. The second kappa shape index (κ2) is 6.71. The maximum absolute atomic E-state index is 12.5. The van der Waals surface area contributed by atoms with Crippen molar-refractivity contribution in [3.8, 4) is 5.69 Å². The maximum atomic E-state index is 12.5. The summed E-state index contributed by atoms with van der Waals surface area (Å²) in [7, 11) is 0. The van der Waals surface area contributed by atoms with Crippen molar-refractivity contribution in [1.29, 1.82) is 0 Å². The first-order valence-corrected chi connectivity index (χ1v) is 8.00. The minimum atomic E-state index is -0.0478. The molecule has 122 valence electrons. The van der Waals surface area contributed by atoms with E-state index in [2.05, 4.69) is 10.3 Å². The van der Waals surface area contributed by atoms with Crippen LogP contribution in [-0.2, 0) is 6.54 Å². The van der Waals surface area contributed by atoms with E-state index < -0.39 is 0 Å². The molecular formula is C20H21N3O. The van der Waals surface area contributed by atoms with E-state index in [0.717, 1.165) is 33.8 Å². The van der Waals surface area contributed by atoms with Gasteiger partial charge in [-0.05, 0) is 44.0 Å². The van der Waals surface area contributed by atoms with Crippen molar-refractivity contribution in [2.45, 2.75) is 27.3 Å². The van der Waals surface area contributed by atoms with Crippen LogP contribution in [0.1, 0.15) is 32.9 Å². The van der Waals surface area contributed by atoms with Gasteiger partial charge in [0.25, 0.3) is 5.91 Å². The topological polar surface area (TPSA) is 46.9 Å². The molecule has 0 fully saturated rings. The summed E-state index contributed by atoms with van der Waals surface area (Å²) < 4.78 is 2.03. The van der Waals surface area contributed by atoms with Gasteiger partial charge in [-0.25, -0.2) is 4.98 Å². The van der Waals surface area contributed by atoms with E-state index in [1.165, 1.54) is 0 Å². The van der Waals surface area contributed by atoms with Crippen LogP contribution >= 0.6 is 0 Å². The SMILES string of the molecule is Cc1ccc(C)c(C(=O)NCc2ccccc2-n2ccnc2C)c1. The van der Waals surface area contributed by atoms with Gasteiger partial charge in [0.1, 0.15) is 5.82 Å². The second-order valence-electron chi connectivity index (χ2n) is 5.97. The predicted molar refractivity (Wildman–Crippen MR) is 95.4 cm³/mol. The van der Waals surface area contributed by atoms with Crippen LogP contribution in [0.2, 0.25) is 0 Å². The van der Waals surface area contributed by atoms with Gasteiger partial charge in [-0.3, -0.25) is 4.79 Å². The number of rotatable bonds is 4. The van der Waals surface area contributed by atoms with E-state index in [4.69, 9.17) is 0 Å². The lowest BCUT2D eigenvalue weighted by Gasteiger charge is -2.13. The van der Waals surface area contributed by atoms with Crippen molar-refractivity contribution in [3.05, 3.63) is 82.9 Å². The van der Waals surface area contributed by atoms with Gasteiger partial charge in [0.05, 0.1) is 5.69 Å². The molecule has 0 aliphatic rings. The second-order valence-corrected chi connectivity index (χ2v) is 5.97. The van der Waals surface area contributed by atoms with Gasteiger partial charge in [-0.1, -0.05) is 35.9 Å². The first kappa shape index (κ1) is 16.0. The Bertz CT molecular complexity index is 880. The monoisotopic (exact) mass is 319 g/mol. The number of hydrogen-bond donors (Lipinski definition) is 1. The van der Waals surface area contributed by atoms with Crippen LogP contribution in [0.15, 0.2) is 54.9 Å². The first-order chi connectivity index (χ1) is 11.6. The van der Waals surface area contributed by atoms with Crippen LogP contribution in [0.25, 0.3) is 5.69 Å². The molecule has 3 rings (SSSR count). The number of aryl methyl sites for hydroxylation is 3. The average Bonchev–Trinajstić information content (AvgIpc) is 3.01. The Morgan fingerprint density at radius 1 is 1.12 bits per heavy atom. The van der Waals surface area contributed by atoms with E-state index in [1.807, 2.05) is 74.0 Å². The molecule has 1 N–H and O–H groups in total. The van der Waals surface area contributed by atoms with E-state index in [0.29, 0.717) is 6.54 Å². The van der Waals surface area contributed by atoms with E-state index >= 15 is 0 Å². The maximum Gasteiger partial charge on any atom is 0.251 e. The Morgan fingerprint density at radius 3 is 2.67 bits per heavy atom. The number of nitrogens with zero attached hydrogens (tertiary/aromatic N) is 2. The highest BCUT2D eigenvalue weighted by Crippen LogP contribution is 2.17. The molecule has 4 heteroatoms. The molecule has 1 amide bonds. The number of nitrogens with one attached hydrogen (secondary N) is 1. The molecule has 0 radical (unpaired) electrons. The quantitative estimate of drug-likeness (QED) is 0.796. The minimum Gasteiger partial charge on any atom is -0.348 e. The van der Waals surface area contributed by atoms with Gasteiger partial charge in [0, 0.05) is 24.5 Å². The van der Waals surface area contributed by atoms with Crippen molar-refractivity contribution in [1.82, 2.24) is 14.9 Å². The lowest BCUT2D eigenvalue weighted by molar-refractivity contribution is 0.0950. The van der Waals surface area contributed by atoms with Crippen molar-refractivity contribution < 1.29 is 4.79 Å². The summed E-state index contributed by atoms with van der Waals surface area (Å²) in [4.78, 5) is 16.8. The largest absolute Gasteiger partial charge is 0.348 e. The van der Waals surface area contributed by atoms with Crippen LogP contribution in [0.4, 0.5) is 0 Å². The zero-order valence-corrected chi connectivity index (χ0v) is 14.2. The number of aromatic nitrogens is 2. The highest BCUT2D eigenvalue weighted by atomic mass is 16.1. The fourth-order valence-electron chi connectivity index (χ4n) is 2.78. The van der Waals surface area contributed by atoms with Crippen LogP contribution in [-0.4, -0.2) is 15.5 Å². The molecule has 24 heavy (non-hydrogen) atoms. The third-order valence-corrected chi connectivity index (χ3v) is 4.15. The molecule has 1 heterocycles. The minimum absolute atomic E-state index is 0.0478. The Kier molecular flexibility index (Phi) is 4.47. The number of amides is 1. The Balaban J connectivity index is 1.82. The van der Waals surface area contributed by atoms with Gasteiger partial charge in [0.15, 0.2) is 0 Å². The third kappa shape index (κ3) is 3.23. The molecule has 0 saturated heterocycles. The summed E-state index contributed by atoms with van der Waals surface area (Å²) in [5.41, 5.74) is 4.88. The third-order valence-electron chi connectivity index (χ3n) is 4.15. The molecular weight excluding hydrogens is 298 g/mol. The summed E-state index contributed by atoms with van der Waals surface area (Å²) in [5.74, 6) is 0.872. The number of carbonyl (C=O) groups excluding carboxylic acids is 1. The van der Waals surface area contributed by atoms with E-state index in [9.17, 15) is 4.79 Å². The van der Waals surface area contributed by atoms with Crippen LogP contribution in [0, 0.1) is 20.8 Å². The average molecular weight is 319 g/mol. The number of carbonyl (C=O) groups is 1. The van der Waals surface area contributed by atoms with Crippen molar-refractivity contribution in [2.75, 3.05) is 0 Å². The van der Waals surface area contributed by atoms with Gasteiger partial charge >= 0.3 is 0 Å². The number of imidazole rings is 1. The molecule has 0 spiro atoms. The van der Waals surface area contributed by atoms with E-state index in [-0.39, 0.29) is 5.91 Å².